The van der Waals surface area contributed by atoms with Crippen LogP contribution in [0.25, 0.3) is 10.9 Å². The molecule has 2 N–H and O–H groups in total. The molecule has 25 heavy (non-hydrogen) atoms. The number of fused-ring (bicyclic) bond motifs is 1. The molecule has 1 heterocycles. The minimum absolute atomic E-state index is 0.136. The molecule has 5 nitrogen and oxygen atoms in total. The number of hydrogen-bond acceptors (Lipinski definition) is 3. The maximum Gasteiger partial charge on any atom is 0.262 e. The fraction of sp³-hybridized carbons (Fsp3) is 0.200. The van der Waals surface area contributed by atoms with Gasteiger partial charge < -0.3 is 15.0 Å². The summed E-state index contributed by atoms with van der Waals surface area (Å²) in [6.45, 7) is 5.82. The number of aryl methyl sites for hydroxylation is 3. The Morgan fingerprint density at radius 2 is 1.80 bits per heavy atom. The zero-order chi connectivity index (χ0) is 18.0. The minimum atomic E-state index is -0.245. The molecule has 128 valence electrons. The molecule has 0 aliphatic rings. The molecular weight excluding hydrogens is 316 g/mol. The SMILES string of the molecule is Cc1cc(C)c(NC(=O)COc2cccc3ccc(=O)[nH]c23)c(C)c1. The summed E-state index contributed by atoms with van der Waals surface area (Å²) in [6, 6.07) is 12.7. The minimum Gasteiger partial charge on any atom is -0.482 e. The predicted molar refractivity (Wildman–Crippen MR) is 99.3 cm³/mol. The van der Waals surface area contributed by atoms with Crippen molar-refractivity contribution in [2.45, 2.75) is 20.8 Å². The van der Waals surface area contributed by atoms with Crippen LogP contribution in [0.3, 0.4) is 0 Å². The van der Waals surface area contributed by atoms with Gasteiger partial charge in [0.2, 0.25) is 5.56 Å². The molecule has 3 rings (SSSR count). The number of H-pyrrole nitrogens is 1. The van der Waals surface area contributed by atoms with Crippen LogP contribution in [0.1, 0.15) is 16.7 Å². The van der Waals surface area contributed by atoms with E-state index in [1.807, 2.05) is 45.0 Å². The molecule has 0 spiro atoms. The number of pyridine rings is 1. The second kappa shape index (κ2) is 6.81. The average Bonchev–Trinajstić information content (AvgIpc) is 2.56. The zero-order valence-electron chi connectivity index (χ0n) is 14.5. The number of hydrogen-bond donors (Lipinski definition) is 2. The molecule has 1 aromatic heterocycles. The number of amides is 1. The summed E-state index contributed by atoms with van der Waals surface area (Å²) in [5.41, 5.74) is 4.37. The first kappa shape index (κ1) is 16.8. The summed E-state index contributed by atoms with van der Waals surface area (Å²) in [4.78, 5) is 26.5. The van der Waals surface area contributed by atoms with Gasteiger partial charge in [0.15, 0.2) is 6.61 Å². The maximum absolute atomic E-state index is 12.3. The molecular formula is C20H20N2O3. The number of nitrogens with one attached hydrogen (secondary N) is 2. The summed E-state index contributed by atoms with van der Waals surface area (Å²) < 4.78 is 5.63. The number of benzene rings is 2. The summed E-state index contributed by atoms with van der Waals surface area (Å²) in [5, 5.41) is 3.75. The maximum atomic E-state index is 12.3. The van der Waals surface area contributed by atoms with E-state index >= 15 is 0 Å². The number of anilines is 1. The predicted octanol–water partition coefficient (Wildman–Crippen LogP) is 3.47. The van der Waals surface area contributed by atoms with E-state index in [-0.39, 0.29) is 18.1 Å². The van der Waals surface area contributed by atoms with Crippen molar-refractivity contribution in [1.82, 2.24) is 4.98 Å². The van der Waals surface area contributed by atoms with Crippen molar-refractivity contribution < 1.29 is 9.53 Å². The van der Waals surface area contributed by atoms with Gasteiger partial charge in [-0.25, -0.2) is 0 Å². The van der Waals surface area contributed by atoms with Gasteiger partial charge in [0.1, 0.15) is 5.75 Å². The lowest BCUT2D eigenvalue weighted by Crippen LogP contribution is -2.21. The van der Waals surface area contributed by atoms with Gasteiger partial charge in [0.05, 0.1) is 5.52 Å². The van der Waals surface area contributed by atoms with Crippen LogP contribution in [-0.2, 0) is 4.79 Å². The van der Waals surface area contributed by atoms with E-state index in [9.17, 15) is 9.59 Å². The lowest BCUT2D eigenvalue weighted by molar-refractivity contribution is -0.118. The number of para-hydroxylation sites is 1. The normalized spacial score (nSPS) is 10.7. The third kappa shape index (κ3) is 3.71. The highest BCUT2D eigenvalue weighted by molar-refractivity contribution is 5.94. The topological polar surface area (TPSA) is 71.2 Å². The first-order valence-corrected chi connectivity index (χ1v) is 8.06. The Hall–Kier alpha value is -3.08. The molecule has 0 aliphatic heterocycles. The van der Waals surface area contributed by atoms with Gasteiger partial charge >= 0.3 is 0 Å². The van der Waals surface area contributed by atoms with E-state index in [2.05, 4.69) is 10.3 Å². The second-order valence-electron chi connectivity index (χ2n) is 6.15. The first-order valence-electron chi connectivity index (χ1n) is 8.06. The summed E-state index contributed by atoms with van der Waals surface area (Å²) >= 11 is 0. The molecule has 0 radical (unpaired) electrons. The third-order valence-electron chi connectivity index (χ3n) is 4.02. The molecule has 0 saturated heterocycles. The number of ether oxygens (including phenoxy) is 1. The lowest BCUT2D eigenvalue weighted by atomic mass is 10.1. The van der Waals surface area contributed by atoms with Crippen LogP contribution in [0.2, 0.25) is 0 Å². The highest BCUT2D eigenvalue weighted by Crippen LogP contribution is 2.23. The number of aromatic amines is 1. The molecule has 2 aromatic carbocycles. The van der Waals surface area contributed by atoms with Gasteiger partial charge in [0, 0.05) is 17.1 Å². The van der Waals surface area contributed by atoms with Crippen molar-refractivity contribution in [3.05, 3.63) is 69.5 Å². The van der Waals surface area contributed by atoms with Crippen molar-refractivity contribution in [3.8, 4) is 5.75 Å². The molecule has 5 heteroatoms. The van der Waals surface area contributed by atoms with Gasteiger partial charge in [-0.3, -0.25) is 9.59 Å². The first-order chi connectivity index (χ1) is 11.9. The largest absolute Gasteiger partial charge is 0.482 e. The monoisotopic (exact) mass is 336 g/mol. The summed E-state index contributed by atoms with van der Waals surface area (Å²) in [7, 11) is 0. The second-order valence-corrected chi connectivity index (χ2v) is 6.15. The smallest absolute Gasteiger partial charge is 0.262 e. The van der Waals surface area contributed by atoms with Crippen LogP contribution < -0.4 is 15.6 Å². The number of carbonyl (C=O) groups excluding carboxylic acids is 1. The zero-order valence-corrected chi connectivity index (χ0v) is 14.5. The van der Waals surface area contributed by atoms with Crippen molar-refractivity contribution in [1.29, 1.82) is 0 Å². The van der Waals surface area contributed by atoms with Crippen LogP contribution in [0.15, 0.2) is 47.3 Å². The molecule has 0 fully saturated rings. The van der Waals surface area contributed by atoms with Crippen molar-refractivity contribution in [2.24, 2.45) is 0 Å². The summed E-state index contributed by atoms with van der Waals surface area (Å²) in [5.74, 6) is 0.230. The van der Waals surface area contributed by atoms with Gasteiger partial charge in [-0.05, 0) is 44.0 Å². The molecule has 0 aliphatic carbocycles. The van der Waals surface area contributed by atoms with E-state index in [4.69, 9.17) is 4.74 Å². The summed E-state index contributed by atoms with van der Waals surface area (Å²) in [6.07, 6.45) is 0. The van der Waals surface area contributed by atoms with Gasteiger partial charge in [-0.15, -0.1) is 0 Å². The fourth-order valence-electron chi connectivity index (χ4n) is 2.97. The van der Waals surface area contributed by atoms with Crippen LogP contribution in [-0.4, -0.2) is 17.5 Å². The van der Waals surface area contributed by atoms with Gasteiger partial charge in [0.25, 0.3) is 5.91 Å². The van der Waals surface area contributed by atoms with E-state index in [1.165, 1.54) is 6.07 Å². The quantitative estimate of drug-likeness (QED) is 0.766. The molecule has 0 atom stereocenters. The van der Waals surface area contributed by atoms with Crippen LogP contribution in [0.5, 0.6) is 5.75 Å². The molecule has 3 aromatic rings. The van der Waals surface area contributed by atoms with E-state index in [0.29, 0.717) is 11.3 Å². The van der Waals surface area contributed by atoms with Crippen molar-refractivity contribution in [3.63, 3.8) is 0 Å². The van der Waals surface area contributed by atoms with Crippen LogP contribution in [0, 0.1) is 20.8 Å². The third-order valence-corrected chi connectivity index (χ3v) is 4.02. The van der Waals surface area contributed by atoms with E-state index in [0.717, 1.165) is 27.8 Å². The number of rotatable bonds is 4. The van der Waals surface area contributed by atoms with E-state index in [1.54, 1.807) is 12.1 Å². The Balaban J connectivity index is 1.75. The lowest BCUT2D eigenvalue weighted by Gasteiger charge is -2.14. The van der Waals surface area contributed by atoms with Crippen LogP contribution in [0.4, 0.5) is 5.69 Å². The Morgan fingerprint density at radius 3 is 2.52 bits per heavy atom. The Kier molecular flexibility index (Phi) is 4.57. The van der Waals surface area contributed by atoms with Crippen molar-refractivity contribution >= 4 is 22.5 Å². The molecule has 0 bridgehead atoms. The van der Waals surface area contributed by atoms with E-state index < -0.39 is 0 Å². The van der Waals surface area contributed by atoms with Crippen LogP contribution >= 0.6 is 0 Å². The Bertz CT molecular complexity index is 982. The van der Waals surface area contributed by atoms with Crippen molar-refractivity contribution in [2.75, 3.05) is 11.9 Å². The molecule has 1 amide bonds. The molecule has 0 saturated carbocycles. The highest BCUT2D eigenvalue weighted by atomic mass is 16.5. The average molecular weight is 336 g/mol. The Morgan fingerprint density at radius 1 is 1.08 bits per heavy atom. The van der Waals surface area contributed by atoms with Gasteiger partial charge in [-0.2, -0.15) is 0 Å². The number of carbonyl (C=O) groups is 1. The fourth-order valence-corrected chi connectivity index (χ4v) is 2.97. The Labute approximate surface area is 145 Å². The standard InChI is InChI=1S/C20H20N2O3/c1-12-9-13(2)19(14(3)10-12)22-18(24)11-25-16-6-4-5-15-7-8-17(23)21-20(15)16/h4-10H,11H2,1-3H3,(H,21,23)(H,22,24). The molecule has 0 unspecified atom stereocenters. The number of aromatic nitrogens is 1. The highest BCUT2D eigenvalue weighted by Gasteiger charge is 2.10. The van der Waals surface area contributed by atoms with Gasteiger partial charge in [-0.1, -0.05) is 29.8 Å².